The van der Waals surface area contributed by atoms with Gasteiger partial charge < -0.3 is 15.4 Å². The standard InChI is InChI=1S/C23H28N2O4/c1-2-3-16-24-23(28)20(25-22(27)19-12-8-5-9-13-19)14-15-21(26)29-17-18-10-6-4-7-11-18/h4-13,20H,2-3,14-17H2,1H3,(H,24,28)(H,25,27)/t20-/m0/s1. The zero-order valence-electron chi connectivity index (χ0n) is 16.7. The van der Waals surface area contributed by atoms with E-state index in [1.165, 1.54) is 0 Å². The van der Waals surface area contributed by atoms with E-state index in [2.05, 4.69) is 10.6 Å². The molecule has 6 heteroatoms. The van der Waals surface area contributed by atoms with Gasteiger partial charge in [-0.05, 0) is 30.5 Å². The molecule has 2 rings (SSSR count). The van der Waals surface area contributed by atoms with E-state index in [9.17, 15) is 14.4 Å². The van der Waals surface area contributed by atoms with E-state index in [4.69, 9.17) is 4.74 Å². The van der Waals surface area contributed by atoms with Gasteiger partial charge in [0, 0.05) is 18.5 Å². The summed E-state index contributed by atoms with van der Waals surface area (Å²) in [5.74, 6) is -1.05. The van der Waals surface area contributed by atoms with Crippen LogP contribution in [0.3, 0.4) is 0 Å². The molecule has 6 nitrogen and oxygen atoms in total. The van der Waals surface area contributed by atoms with Crippen molar-refractivity contribution in [3.05, 3.63) is 71.8 Å². The van der Waals surface area contributed by atoms with Gasteiger partial charge in [0.25, 0.3) is 5.91 Å². The van der Waals surface area contributed by atoms with Gasteiger partial charge in [-0.3, -0.25) is 14.4 Å². The fourth-order valence-corrected chi connectivity index (χ4v) is 2.68. The molecule has 0 saturated heterocycles. The van der Waals surface area contributed by atoms with Gasteiger partial charge in [-0.2, -0.15) is 0 Å². The van der Waals surface area contributed by atoms with Gasteiger partial charge in [0.2, 0.25) is 5.91 Å². The number of nitrogens with one attached hydrogen (secondary N) is 2. The first-order valence-electron chi connectivity index (χ1n) is 9.93. The quantitative estimate of drug-likeness (QED) is 0.451. The summed E-state index contributed by atoms with van der Waals surface area (Å²) in [6.45, 7) is 2.75. The Morgan fingerprint density at radius 1 is 0.966 bits per heavy atom. The summed E-state index contributed by atoms with van der Waals surface area (Å²) >= 11 is 0. The van der Waals surface area contributed by atoms with Crippen LogP contribution < -0.4 is 10.6 Å². The van der Waals surface area contributed by atoms with Crippen molar-refractivity contribution in [1.82, 2.24) is 10.6 Å². The number of carbonyl (C=O) groups is 3. The second kappa shape index (κ2) is 12.3. The molecule has 0 radical (unpaired) electrons. The molecule has 2 aromatic rings. The maximum atomic E-state index is 12.5. The zero-order chi connectivity index (χ0) is 20.9. The second-order valence-electron chi connectivity index (χ2n) is 6.72. The molecule has 154 valence electrons. The van der Waals surface area contributed by atoms with Crippen molar-refractivity contribution in [3.63, 3.8) is 0 Å². The number of benzene rings is 2. The summed E-state index contributed by atoms with van der Waals surface area (Å²) in [5, 5.41) is 5.55. The third kappa shape index (κ3) is 8.17. The number of rotatable bonds is 11. The zero-order valence-corrected chi connectivity index (χ0v) is 16.7. The van der Waals surface area contributed by atoms with Crippen molar-refractivity contribution in [3.8, 4) is 0 Å². The maximum absolute atomic E-state index is 12.5. The van der Waals surface area contributed by atoms with Gasteiger partial charge in [-0.15, -0.1) is 0 Å². The highest BCUT2D eigenvalue weighted by molar-refractivity contribution is 5.97. The molecule has 0 aromatic heterocycles. The lowest BCUT2D eigenvalue weighted by atomic mass is 10.1. The van der Waals surface area contributed by atoms with Crippen LogP contribution in [0.1, 0.15) is 48.5 Å². The van der Waals surface area contributed by atoms with E-state index in [0.717, 1.165) is 18.4 Å². The lowest BCUT2D eigenvalue weighted by Gasteiger charge is -2.18. The van der Waals surface area contributed by atoms with E-state index in [1.54, 1.807) is 24.3 Å². The van der Waals surface area contributed by atoms with Gasteiger partial charge in [-0.1, -0.05) is 61.9 Å². The van der Waals surface area contributed by atoms with Crippen LogP contribution in [0.25, 0.3) is 0 Å². The summed E-state index contributed by atoms with van der Waals surface area (Å²) in [7, 11) is 0. The Hall–Kier alpha value is -3.15. The van der Waals surface area contributed by atoms with Gasteiger partial charge in [0.1, 0.15) is 12.6 Å². The Labute approximate surface area is 171 Å². The van der Waals surface area contributed by atoms with E-state index in [-0.39, 0.29) is 31.3 Å². The van der Waals surface area contributed by atoms with Crippen LogP contribution in [0, 0.1) is 0 Å². The van der Waals surface area contributed by atoms with Gasteiger partial charge in [-0.25, -0.2) is 0 Å². The summed E-state index contributed by atoms with van der Waals surface area (Å²) in [6.07, 6.45) is 2.01. The van der Waals surface area contributed by atoms with Crippen molar-refractivity contribution in [1.29, 1.82) is 0 Å². The van der Waals surface area contributed by atoms with Crippen molar-refractivity contribution in [2.75, 3.05) is 6.54 Å². The molecule has 29 heavy (non-hydrogen) atoms. The number of esters is 1. The Balaban J connectivity index is 1.90. The van der Waals surface area contributed by atoms with Crippen LogP contribution in [-0.2, 0) is 20.9 Å². The molecule has 0 saturated carbocycles. The van der Waals surface area contributed by atoms with E-state index >= 15 is 0 Å². The minimum Gasteiger partial charge on any atom is -0.461 e. The first-order chi connectivity index (χ1) is 14.1. The van der Waals surface area contributed by atoms with Crippen molar-refractivity contribution < 1.29 is 19.1 Å². The van der Waals surface area contributed by atoms with Gasteiger partial charge in [0.05, 0.1) is 0 Å². The minimum absolute atomic E-state index is 0.0355. The molecule has 0 unspecified atom stereocenters. The highest BCUT2D eigenvalue weighted by atomic mass is 16.5. The fourth-order valence-electron chi connectivity index (χ4n) is 2.68. The number of ether oxygens (including phenoxy) is 1. The van der Waals surface area contributed by atoms with Crippen LogP contribution in [0.15, 0.2) is 60.7 Å². The molecule has 0 aliphatic heterocycles. The predicted molar refractivity (Wildman–Crippen MR) is 111 cm³/mol. The maximum Gasteiger partial charge on any atom is 0.306 e. The summed E-state index contributed by atoms with van der Waals surface area (Å²) in [6, 6.07) is 17.3. The van der Waals surface area contributed by atoms with Crippen LogP contribution in [0.4, 0.5) is 0 Å². The third-order valence-electron chi connectivity index (χ3n) is 4.37. The number of hydrogen-bond donors (Lipinski definition) is 2. The molecule has 2 aromatic carbocycles. The third-order valence-corrected chi connectivity index (χ3v) is 4.37. The Morgan fingerprint density at radius 3 is 2.28 bits per heavy atom. The number of hydrogen-bond acceptors (Lipinski definition) is 4. The summed E-state index contributed by atoms with van der Waals surface area (Å²) < 4.78 is 5.26. The van der Waals surface area contributed by atoms with Crippen molar-refractivity contribution in [2.24, 2.45) is 0 Å². The molecule has 2 N–H and O–H groups in total. The van der Waals surface area contributed by atoms with Crippen molar-refractivity contribution in [2.45, 2.75) is 45.3 Å². The molecule has 0 aliphatic rings. The lowest BCUT2D eigenvalue weighted by Crippen LogP contribution is -2.47. The summed E-state index contributed by atoms with van der Waals surface area (Å²) in [5.41, 5.74) is 1.36. The minimum atomic E-state index is -0.802. The highest BCUT2D eigenvalue weighted by Crippen LogP contribution is 2.06. The van der Waals surface area contributed by atoms with Gasteiger partial charge in [0.15, 0.2) is 0 Å². The van der Waals surface area contributed by atoms with Crippen molar-refractivity contribution >= 4 is 17.8 Å². The second-order valence-corrected chi connectivity index (χ2v) is 6.72. The monoisotopic (exact) mass is 396 g/mol. The van der Waals surface area contributed by atoms with Crippen LogP contribution in [-0.4, -0.2) is 30.4 Å². The first kappa shape index (κ1) is 22.1. The Bertz CT molecular complexity index is 778. The van der Waals surface area contributed by atoms with E-state index in [0.29, 0.717) is 12.1 Å². The number of carbonyl (C=O) groups excluding carboxylic acids is 3. The normalized spacial score (nSPS) is 11.3. The average Bonchev–Trinajstić information content (AvgIpc) is 2.76. The molecular weight excluding hydrogens is 368 g/mol. The van der Waals surface area contributed by atoms with E-state index in [1.807, 2.05) is 43.3 Å². The predicted octanol–water partition coefficient (Wildman–Crippen LogP) is 3.22. The lowest BCUT2D eigenvalue weighted by molar-refractivity contribution is -0.145. The Kier molecular flexibility index (Phi) is 9.42. The molecule has 0 spiro atoms. The fraction of sp³-hybridized carbons (Fsp3) is 0.348. The molecule has 1 atom stereocenters. The molecule has 2 amide bonds. The molecule has 0 bridgehead atoms. The molecular formula is C23H28N2O4. The van der Waals surface area contributed by atoms with Gasteiger partial charge >= 0.3 is 5.97 Å². The SMILES string of the molecule is CCCCNC(=O)[C@H](CCC(=O)OCc1ccccc1)NC(=O)c1ccccc1. The van der Waals surface area contributed by atoms with Crippen LogP contribution >= 0.6 is 0 Å². The van der Waals surface area contributed by atoms with Crippen LogP contribution in [0.5, 0.6) is 0 Å². The van der Waals surface area contributed by atoms with Crippen LogP contribution in [0.2, 0.25) is 0 Å². The molecule has 0 fully saturated rings. The average molecular weight is 396 g/mol. The number of amides is 2. The van der Waals surface area contributed by atoms with E-state index < -0.39 is 12.0 Å². The molecule has 0 aliphatic carbocycles. The Morgan fingerprint density at radius 2 is 1.62 bits per heavy atom. The number of unbranched alkanes of at least 4 members (excludes halogenated alkanes) is 1. The first-order valence-corrected chi connectivity index (χ1v) is 9.93. The smallest absolute Gasteiger partial charge is 0.306 e. The summed E-state index contributed by atoms with van der Waals surface area (Å²) in [4.78, 5) is 37.0. The molecule has 0 heterocycles. The topological polar surface area (TPSA) is 84.5 Å². The highest BCUT2D eigenvalue weighted by Gasteiger charge is 2.22. The largest absolute Gasteiger partial charge is 0.461 e.